The Bertz CT molecular complexity index is 882. The maximum atomic E-state index is 12.6. The lowest BCUT2D eigenvalue weighted by atomic mass is 10.2. The van der Waals surface area contributed by atoms with Gasteiger partial charge in [-0.15, -0.1) is 22.0 Å². The summed E-state index contributed by atoms with van der Waals surface area (Å²) >= 11 is 14.6. The first-order valence-corrected chi connectivity index (χ1v) is 10.3. The molecule has 0 saturated heterocycles. The molecular weight excluding hydrogens is 409 g/mol. The Labute approximate surface area is 169 Å². The van der Waals surface area contributed by atoms with Gasteiger partial charge in [0.25, 0.3) is 0 Å². The van der Waals surface area contributed by atoms with Gasteiger partial charge in [-0.1, -0.05) is 53.6 Å². The molecule has 1 atom stereocenters. The number of hydrogen-bond acceptors (Lipinski definition) is 5. The lowest BCUT2D eigenvalue weighted by molar-refractivity contribution is -0.115. The molecule has 3 rings (SSSR count). The first-order valence-electron chi connectivity index (χ1n) is 7.87. The molecule has 0 unspecified atom stereocenters. The SMILES string of the molecule is CC[C@@H](Sc1ccc(Cl)cc1)C(=O)Nc1nnc(-c2ccc(Cl)cc2)s1. The third-order valence-electron chi connectivity index (χ3n) is 3.50. The second kappa shape index (κ2) is 8.86. The number of carbonyl (C=O) groups excluding carboxylic acids is 1. The van der Waals surface area contributed by atoms with Crippen LogP contribution in [-0.4, -0.2) is 21.4 Å². The van der Waals surface area contributed by atoms with Crippen molar-refractivity contribution in [2.75, 3.05) is 5.32 Å². The van der Waals surface area contributed by atoms with E-state index in [0.29, 0.717) is 21.6 Å². The second-order valence-corrected chi connectivity index (χ2v) is 8.50. The summed E-state index contributed by atoms with van der Waals surface area (Å²) in [6, 6.07) is 14.8. The third-order valence-corrected chi connectivity index (χ3v) is 6.27. The molecule has 0 spiro atoms. The number of benzene rings is 2. The maximum absolute atomic E-state index is 12.6. The average Bonchev–Trinajstić information content (AvgIpc) is 3.10. The number of hydrogen-bond donors (Lipinski definition) is 1. The highest BCUT2D eigenvalue weighted by Crippen LogP contribution is 2.30. The van der Waals surface area contributed by atoms with Crippen molar-refractivity contribution in [1.29, 1.82) is 0 Å². The number of nitrogens with zero attached hydrogens (tertiary/aromatic N) is 2. The largest absolute Gasteiger partial charge is 0.300 e. The fraction of sp³-hybridized carbons (Fsp3) is 0.167. The predicted molar refractivity (Wildman–Crippen MR) is 110 cm³/mol. The first-order chi connectivity index (χ1) is 12.5. The van der Waals surface area contributed by atoms with E-state index in [2.05, 4.69) is 15.5 Å². The molecule has 0 aliphatic heterocycles. The molecule has 134 valence electrons. The Balaban J connectivity index is 1.66. The van der Waals surface area contributed by atoms with Gasteiger partial charge >= 0.3 is 0 Å². The molecule has 1 heterocycles. The van der Waals surface area contributed by atoms with E-state index >= 15 is 0 Å². The molecule has 3 aromatic rings. The average molecular weight is 424 g/mol. The van der Waals surface area contributed by atoms with Gasteiger partial charge in [-0.3, -0.25) is 10.1 Å². The van der Waals surface area contributed by atoms with Gasteiger partial charge in [-0.05, 0) is 42.8 Å². The van der Waals surface area contributed by atoms with Gasteiger partial charge in [0.2, 0.25) is 11.0 Å². The van der Waals surface area contributed by atoms with E-state index in [-0.39, 0.29) is 11.2 Å². The number of nitrogens with one attached hydrogen (secondary N) is 1. The van der Waals surface area contributed by atoms with Gasteiger partial charge in [0, 0.05) is 20.5 Å². The first kappa shape index (κ1) is 19.2. The maximum Gasteiger partial charge on any atom is 0.239 e. The highest BCUT2D eigenvalue weighted by atomic mass is 35.5. The van der Waals surface area contributed by atoms with Crippen LogP contribution in [0.25, 0.3) is 10.6 Å². The molecule has 1 aromatic heterocycles. The van der Waals surface area contributed by atoms with E-state index < -0.39 is 0 Å². The summed E-state index contributed by atoms with van der Waals surface area (Å²) in [4.78, 5) is 13.6. The molecule has 8 heteroatoms. The van der Waals surface area contributed by atoms with Crippen molar-refractivity contribution in [1.82, 2.24) is 10.2 Å². The van der Waals surface area contributed by atoms with Crippen molar-refractivity contribution in [3.8, 4) is 10.6 Å². The van der Waals surface area contributed by atoms with Gasteiger partial charge in [0.05, 0.1) is 5.25 Å². The minimum Gasteiger partial charge on any atom is -0.300 e. The van der Waals surface area contributed by atoms with Crippen molar-refractivity contribution < 1.29 is 4.79 Å². The minimum atomic E-state index is -0.223. The Kier molecular flexibility index (Phi) is 6.53. The molecule has 1 amide bonds. The van der Waals surface area contributed by atoms with Gasteiger partial charge in [-0.25, -0.2) is 0 Å². The van der Waals surface area contributed by atoms with Crippen molar-refractivity contribution in [2.45, 2.75) is 23.5 Å². The second-order valence-electron chi connectivity index (χ2n) is 5.38. The molecule has 0 bridgehead atoms. The van der Waals surface area contributed by atoms with E-state index in [1.807, 2.05) is 43.3 Å². The van der Waals surface area contributed by atoms with Crippen LogP contribution >= 0.6 is 46.3 Å². The summed E-state index contributed by atoms with van der Waals surface area (Å²) in [5, 5.41) is 13.4. The van der Waals surface area contributed by atoms with Crippen molar-refractivity contribution in [2.24, 2.45) is 0 Å². The Morgan fingerprint density at radius 1 is 1.08 bits per heavy atom. The Hall–Kier alpha value is -1.60. The Morgan fingerprint density at radius 3 is 2.31 bits per heavy atom. The van der Waals surface area contributed by atoms with Crippen LogP contribution < -0.4 is 5.32 Å². The monoisotopic (exact) mass is 423 g/mol. The van der Waals surface area contributed by atoms with Crippen LogP contribution in [0.5, 0.6) is 0 Å². The minimum absolute atomic E-state index is 0.0914. The molecular formula is C18H15Cl2N3OS2. The van der Waals surface area contributed by atoms with Crippen molar-refractivity contribution in [3.05, 3.63) is 58.6 Å². The normalized spacial score (nSPS) is 12.0. The van der Waals surface area contributed by atoms with Gasteiger partial charge in [-0.2, -0.15) is 0 Å². The summed E-state index contributed by atoms with van der Waals surface area (Å²) in [7, 11) is 0. The van der Waals surface area contributed by atoms with Gasteiger partial charge < -0.3 is 0 Å². The smallest absolute Gasteiger partial charge is 0.239 e. The molecule has 0 saturated carbocycles. The fourth-order valence-corrected chi connectivity index (χ4v) is 4.13. The molecule has 1 N–H and O–H groups in total. The number of halogens is 2. The Morgan fingerprint density at radius 2 is 1.69 bits per heavy atom. The lowest BCUT2D eigenvalue weighted by Gasteiger charge is -2.13. The fourth-order valence-electron chi connectivity index (χ4n) is 2.17. The highest BCUT2D eigenvalue weighted by molar-refractivity contribution is 8.00. The summed E-state index contributed by atoms with van der Waals surface area (Å²) in [5.74, 6) is -0.0914. The number of amides is 1. The van der Waals surface area contributed by atoms with Crippen LogP contribution in [0, 0.1) is 0 Å². The number of aromatic nitrogens is 2. The van der Waals surface area contributed by atoms with Gasteiger partial charge in [0.15, 0.2) is 0 Å². The molecule has 2 aromatic carbocycles. The highest BCUT2D eigenvalue weighted by Gasteiger charge is 2.20. The van der Waals surface area contributed by atoms with E-state index in [1.54, 1.807) is 12.1 Å². The number of anilines is 1. The van der Waals surface area contributed by atoms with Gasteiger partial charge in [0.1, 0.15) is 5.01 Å². The third kappa shape index (κ3) is 4.98. The van der Waals surface area contributed by atoms with Crippen LogP contribution in [0.3, 0.4) is 0 Å². The van der Waals surface area contributed by atoms with E-state index in [0.717, 1.165) is 15.5 Å². The summed E-state index contributed by atoms with van der Waals surface area (Å²) in [6.45, 7) is 1.98. The molecule has 0 radical (unpaired) electrons. The quantitative estimate of drug-likeness (QED) is 0.492. The molecule has 0 aliphatic carbocycles. The van der Waals surface area contributed by atoms with Crippen molar-refractivity contribution >= 4 is 57.3 Å². The molecule has 0 aliphatic rings. The van der Waals surface area contributed by atoms with Crippen LogP contribution in [0.4, 0.5) is 5.13 Å². The lowest BCUT2D eigenvalue weighted by Crippen LogP contribution is -2.24. The predicted octanol–water partition coefficient (Wildman–Crippen LogP) is 6.02. The zero-order valence-corrected chi connectivity index (χ0v) is 16.9. The van der Waals surface area contributed by atoms with E-state index in [4.69, 9.17) is 23.2 Å². The van der Waals surface area contributed by atoms with Crippen molar-refractivity contribution in [3.63, 3.8) is 0 Å². The van der Waals surface area contributed by atoms with Crippen LogP contribution in [0.2, 0.25) is 10.0 Å². The summed E-state index contributed by atoms with van der Waals surface area (Å²) in [6.07, 6.45) is 0.696. The summed E-state index contributed by atoms with van der Waals surface area (Å²) < 4.78 is 0. The number of thioether (sulfide) groups is 1. The topological polar surface area (TPSA) is 54.9 Å². The number of carbonyl (C=O) groups is 1. The zero-order valence-electron chi connectivity index (χ0n) is 13.8. The zero-order chi connectivity index (χ0) is 18.5. The standard InChI is InChI=1S/C18H15Cl2N3OS2/c1-2-15(25-14-9-7-13(20)8-10-14)16(24)21-18-23-22-17(26-18)11-3-5-12(19)6-4-11/h3-10,15H,2H2,1H3,(H,21,23,24)/t15-/m1/s1. The van der Waals surface area contributed by atoms with E-state index in [1.165, 1.54) is 23.1 Å². The summed E-state index contributed by atoms with van der Waals surface area (Å²) in [5.41, 5.74) is 0.912. The number of rotatable bonds is 6. The van der Waals surface area contributed by atoms with Crippen LogP contribution in [-0.2, 0) is 4.79 Å². The molecule has 26 heavy (non-hydrogen) atoms. The van der Waals surface area contributed by atoms with Crippen LogP contribution in [0.15, 0.2) is 53.4 Å². The molecule has 4 nitrogen and oxygen atoms in total. The van der Waals surface area contributed by atoms with E-state index in [9.17, 15) is 4.79 Å². The van der Waals surface area contributed by atoms with Crippen LogP contribution in [0.1, 0.15) is 13.3 Å². The molecule has 0 fully saturated rings.